The van der Waals surface area contributed by atoms with Crippen LogP contribution in [0, 0.1) is 0 Å². The molecule has 2 fully saturated rings. The Balaban J connectivity index is 2.24. The molecule has 4 atom stereocenters. The quantitative estimate of drug-likeness (QED) is 0.349. The van der Waals surface area contributed by atoms with Crippen LogP contribution in [-0.4, -0.2) is 39.3 Å². The highest BCUT2D eigenvalue weighted by atomic mass is 16.4. The summed E-state index contributed by atoms with van der Waals surface area (Å²) < 4.78 is 0. The zero-order chi connectivity index (χ0) is 8.06. The van der Waals surface area contributed by atoms with E-state index in [2.05, 4.69) is 5.32 Å². The Morgan fingerprint density at radius 1 is 1.36 bits per heavy atom. The van der Waals surface area contributed by atoms with E-state index < -0.39 is 17.9 Å². The summed E-state index contributed by atoms with van der Waals surface area (Å²) in [6.45, 7) is 0. The van der Waals surface area contributed by atoms with E-state index in [1.165, 1.54) is 0 Å². The molecule has 0 unspecified atom stereocenters. The molecule has 4 heteroatoms. The maximum absolute atomic E-state index is 9.64. The predicted octanol–water partition coefficient (Wildman–Crippen LogP) is -1.45. The Morgan fingerprint density at radius 3 is 2.64 bits per heavy atom. The van der Waals surface area contributed by atoms with Crippen molar-refractivity contribution < 1.29 is 15.3 Å². The van der Waals surface area contributed by atoms with E-state index in [1.54, 1.807) is 0 Å². The fourth-order valence-corrected chi connectivity index (χ4v) is 2.05. The average molecular weight is 159 g/mol. The molecule has 2 aliphatic rings. The first kappa shape index (κ1) is 7.49. The topological polar surface area (TPSA) is 72.7 Å². The van der Waals surface area contributed by atoms with E-state index in [4.69, 9.17) is 0 Å². The van der Waals surface area contributed by atoms with Gasteiger partial charge in [-0.05, 0) is 19.3 Å². The molecule has 64 valence electrons. The molecule has 0 aromatic heterocycles. The van der Waals surface area contributed by atoms with Gasteiger partial charge in [-0.25, -0.2) is 0 Å². The van der Waals surface area contributed by atoms with Gasteiger partial charge in [-0.15, -0.1) is 0 Å². The zero-order valence-corrected chi connectivity index (χ0v) is 6.20. The van der Waals surface area contributed by atoms with Gasteiger partial charge in [-0.3, -0.25) is 5.32 Å². The van der Waals surface area contributed by atoms with Gasteiger partial charge in [-0.1, -0.05) is 0 Å². The van der Waals surface area contributed by atoms with Gasteiger partial charge >= 0.3 is 0 Å². The minimum atomic E-state index is -1.22. The van der Waals surface area contributed by atoms with Crippen molar-refractivity contribution in [3.63, 3.8) is 0 Å². The Hall–Kier alpha value is -0.160. The first-order chi connectivity index (χ1) is 5.13. The van der Waals surface area contributed by atoms with Crippen LogP contribution in [0.3, 0.4) is 0 Å². The van der Waals surface area contributed by atoms with Gasteiger partial charge in [0.05, 0.1) is 6.10 Å². The molecule has 0 saturated carbocycles. The number of hydrogen-bond donors (Lipinski definition) is 4. The van der Waals surface area contributed by atoms with Crippen LogP contribution in [0.25, 0.3) is 0 Å². The van der Waals surface area contributed by atoms with E-state index in [0.29, 0.717) is 6.42 Å². The lowest BCUT2D eigenvalue weighted by Gasteiger charge is -2.30. The molecule has 0 spiro atoms. The first-order valence-electron chi connectivity index (χ1n) is 4.00. The Kier molecular flexibility index (Phi) is 1.47. The van der Waals surface area contributed by atoms with Crippen molar-refractivity contribution >= 4 is 0 Å². The van der Waals surface area contributed by atoms with Gasteiger partial charge in [0.1, 0.15) is 11.8 Å². The maximum atomic E-state index is 9.64. The molecular weight excluding hydrogens is 146 g/mol. The van der Waals surface area contributed by atoms with Crippen LogP contribution < -0.4 is 5.32 Å². The first-order valence-corrected chi connectivity index (χ1v) is 4.00. The van der Waals surface area contributed by atoms with E-state index in [-0.39, 0.29) is 6.04 Å². The summed E-state index contributed by atoms with van der Waals surface area (Å²) in [6.07, 6.45) is 0.405. The smallest absolute Gasteiger partial charge is 0.145 e. The van der Waals surface area contributed by atoms with Gasteiger partial charge in [0, 0.05) is 6.04 Å². The summed E-state index contributed by atoms with van der Waals surface area (Å²) in [4.78, 5) is 0. The van der Waals surface area contributed by atoms with Crippen molar-refractivity contribution in [2.75, 3.05) is 0 Å². The molecule has 0 aromatic rings. The number of aliphatic hydroxyl groups is 3. The average Bonchev–Trinajstić information content (AvgIpc) is 2.13. The molecule has 4 nitrogen and oxygen atoms in total. The molecule has 2 saturated heterocycles. The van der Waals surface area contributed by atoms with Crippen LogP contribution in [0.2, 0.25) is 0 Å². The van der Waals surface area contributed by atoms with Crippen molar-refractivity contribution in [2.45, 2.75) is 43.2 Å². The van der Waals surface area contributed by atoms with Gasteiger partial charge in [0.25, 0.3) is 0 Å². The summed E-state index contributed by atoms with van der Waals surface area (Å²) in [5.41, 5.74) is -1.22. The normalized spacial score (nSPS) is 56.5. The van der Waals surface area contributed by atoms with E-state index in [9.17, 15) is 15.3 Å². The van der Waals surface area contributed by atoms with Gasteiger partial charge in [0.15, 0.2) is 0 Å². The summed E-state index contributed by atoms with van der Waals surface area (Å²) >= 11 is 0. The zero-order valence-electron chi connectivity index (χ0n) is 6.20. The molecule has 2 aliphatic heterocycles. The summed E-state index contributed by atoms with van der Waals surface area (Å²) in [5.74, 6) is 0. The molecule has 2 bridgehead atoms. The Labute approximate surface area is 64.8 Å². The third-order valence-electron chi connectivity index (χ3n) is 2.73. The van der Waals surface area contributed by atoms with E-state index in [0.717, 1.165) is 12.8 Å². The summed E-state index contributed by atoms with van der Waals surface area (Å²) in [7, 11) is 0. The van der Waals surface area contributed by atoms with Crippen LogP contribution in [0.1, 0.15) is 19.3 Å². The van der Waals surface area contributed by atoms with Crippen molar-refractivity contribution in [1.82, 2.24) is 5.32 Å². The van der Waals surface area contributed by atoms with Crippen LogP contribution in [0.5, 0.6) is 0 Å². The summed E-state index contributed by atoms with van der Waals surface area (Å²) in [5, 5.41) is 31.2. The van der Waals surface area contributed by atoms with Crippen molar-refractivity contribution in [1.29, 1.82) is 0 Å². The third kappa shape index (κ3) is 0.906. The van der Waals surface area contributed by atoms with Crippen LogP contribution >= 0.6 is 0 Å². The molecule has 2 heterocycles. The number of hydrogen-bond acceptors (Lipinski definition) is 4. The second-order valence-electron chi connectivity index (χ2n) is 3.50. The van der Waals surface area contributed by atoms with Crippen LogP contribution in [0.4, 0.5) is 0 Å². The Bertz CT molecular complexity index is 175. The minimum absolute atomic E-state index is 0.122. The van der Waals surface area contributed by atoms with Gasteiger partial charge in [0.2, 0.25) is 0 Å². The number of fused-ring (bicyclic) bond motifs is 2. The molecule has 2 rings (SSSR count). The van der Waals surface area contributed by atoms with Crippen molar-refractivity contribution in [3.8, 4) is 0 Å². The molecule has 0 radical (unpaired) electrons. The molecular formula is C7H13NO3. The molecule has 0 amide bonds. The second kappa shape index (κ2) is 2.17. The molecule has 0 aromatic carbocycles. The van der Waals surface area contributed by atoms with Gasteiger partial charge < -0.3 is 15.3 Å². The highest BCUT2D eigenvalue weighted by molar-refractivity contribution is 5.05. The van der Waals surface area contributed by atoms with E-state index in [1.807, 2.05) is 0 Å². The number of rotatable bonds is 0. The SMILES string of the molecule is O[C@H]1[C@@H]2CCC[C@@](O)(N2)[C@H]1O. The predicted molar refractivity (Wildman–Crippen MR) is 37.7 cm³/mol. The second-order valence-corrected chi connectivity index (χ2v) is 3.50. The van der Waals surface area contributed by atoms with Crippen LogP contribution in [-0.2, 0) is 0 Å². The maximum Gasteiger partial charge on any atom is 0.145 e. The van der Waals surface area contributed by atoms with Gasteiger partial charge in [-0.2, -0.15) is 0 Å². The molecule has 0 aliphatic carbocycles. The number of aliphatic hydroxyl groups excluding tert-OH is 2. The number of nitrogens with one attached hydrogen (secondary N) is 1. The highest BCUT2D eigenvalue weighted by Gasteiger charge is 2.53. The fraction of sp³-hybridized carbons (Fsp3) is 1.00. The number of piperidine rings is 1. The monoisotopic (exact) mass is 159 g/mol. The minimum Gasteiger partial charge on any atom is -0.389 e. The van der Waals surface area contributed by atoms with Crippen LogP contribution in [0.15, 0.2) is 0 Å². The standard InChI is InChI=1S/C7H13NO3/c9-5-4-2-1-3-7(11,8-4)6(5)10/h4-6,8-11H,1-3H2/t4-,5-,6-,7-/m0/s1. The lowest BCUT2D eigenvalue weighted by molar-refractivity contribution is -0.101. The van der Waals surface area contributed by atoms with E-state index >= 15 is 0 Å². The highest BCUT2D eigenvalue weighted by Crippen LogP contribution is 2.33. The molecule has 11 heavy (non-hydrogen) atoms. The van der Waals surface area contributed by atoms with Crippen molar-refractivity contribution in [3.05, 3.63) is 0 Å². The lowest BCUT2D eigenvalue weighted by Crippen LogP contribution is -2.51. The molecule has 4 N–H and O–H groups in total. The van der Waals surface area contributed by atoms with Crippen molar-refractivity contribution in [2.24, 2.45) is 0 Å². The fourth-order valence-electron chi connectivity index (χ4n) is 2.05. The Morgan fingerprint density at radius 2 is 2.09 bits per heavy atom. The summed E-state index contributed by atoms with van der Waals surface area (Å²) in [6, 6.07) is -0.122. The third-order valence-corrected chi connectivity index (χ3v) is 2.73. The largest absolute Gasteiger partial charge is 0.389 e. The lowest BCUT2D eigenvalue weighted by atomic mass is 10.0.